The van der Waals surface area contributed by atoms with Crippen molar-refractivity contribution in [3.63, 3.8) is 0 Å². The number of rotatable bonds is 8. The van der Waals surface area contributed by atoms with E-state index in [-0.39, 0.29) is 0 Å². The summed E-state index contributed by atoms with van der Waals surface area (Å²) in [5, 5.41) is 2.44. The van der Waals surface area contributed by atoms with Crippen LogP contribution in [-0.2, 0) is 0 Å². The van der Waals surface area contributed by atoms with E-state index in [2.05, 4.69) is 242 Å². The van der Waals surface area contributed by atoms with Gasteiger partial charge in [0.25, 0.3) is 0 Å². The third-order valence-corrected chi connectivity index (χ3v) is 11.5. The highest BCUT2D eigenvalue weighted by Crippen LogP contribution is 2.45. The van der Waals surface area contributed by atoms with Crippen LogP contribution in [0.1, 0.15) is 11.1 Å². The van der Waals surface area contributed by atoms with Gasteiger partial charge in [-0.15, -0.1) is 0 Å². The summed E-state index contributed by atoms with van der Waals surface area (Å²) in [6, 6.07) is 79.3. The molecule has 0 spiro atoms. The zero-order valence-corrected chi connectivity index (χ0v) is 32.7. The number of fused-ring (bicyclic) bond motifs is 3. The number of hydrogen-bond donors (Lipinski definition) is 0. The molecule has 0 saturated heterocycles. The Labute approximate surface area is 340 Å². The summed E-state index contributed by atoms with van der Waals surface area (Å²) in [7, 11) is 0. The Morgan fingerprint density at radius 1 is 0.310 bits per heavy atom. The lowest BCUT2D eigenvalue weighted by Gasteiger charge is -2.26. The monoisotopic (exact) mass is 742 g/mol. The summed E-state index contributed by atoms with van der Waals surface area (Å²) in [6.45, 7) is 4.43. The number of aryl methyl sites for hydroxylation is 2. The normalized spacial score (nSPS) is 11.3. The van der Waals surface area contributed by atoms with Crippen molar-refractivity contribution in [1.29, 1.82) is 0 Å². The maximum atomic E-state index is 2.52. The van der Waals surface area contributed by atoms with E-state index in [1.807, 2.05) is 0 Å². The van der Waals surface area contributed by atoms with Gasteiger partial charge in [-0.2, -0.15) is 0 Å². The van der Waals surface area contributed by atoms with Gasteiger partial charge in [-0.1, -0.05) is 176 Å². The minimum absolute atomic E-state index is 1.09. The molecule has 0 aliphatic heterocycles. The molecule has 0 bridgehead atoms. The number of benzene rings is 9. The van der Waals surface area contributed by atoms with Gasteiger partial charge in [-0.25, -0.2) is 0 Å². The predicted octanol–water partition coefficient (Wildman–Crippen LogP) is 15.5. The Morgan fingerprint density at radius 3 is 1.26 bits per heavy atom. The van der Waals surface area contributed by atoms with Crippen molar-refractivity contribution < 1.29 is 0 Å². The van der Waals surface area contributed by atoms with Crippen LogP contribution in [0.5, 0.6) is 0 Å². The van der Waals surface area contributed by atoms with Gasteiger partial charge in [0.05, 0.1) is 16.7 Å². The quantitative estimate of drug-likeness (QED) is 0.150. The molecule has 0 fully saturated rings. The first kappa shape index (κ1) is 35.0. The van der Waals surface area contributed by atoms with E-state index < -0.39 is 0 Å². The molecule has 10 rings (SSSR count). The predicted molar refractivity (Wildman–Crippen MR) is 247 cm³/mol. The zero-order chi connectivity index (χ0) is 39.0. The molecule has 2 heteroatoms. The van der Waals surface area contributed by atoms with Gasteiger partial charge in [-0.05, 0) is 101 Å². The standard InChI is InChI=1S/C56H42N2/c1-39-16-9-11-22-48(39)52-25-15-26-53(49-23-12-10-17-40(49)2)56(52)58-54-27-14-13-24-50(54)51-37-36-47(38-55(51)58)57(45-32-28-43(29-33-45)41-18-5-3-6-19-41)46-34-30-44(31-35-46)42-20-7-4-8-21-42/h3-38H,1-2H3. The van der Waals surface area contributed by atoms with E-state index in [1.54, 1.807) is 0 Å². The minimum atomic E-state index is 1.09. The highest BCUT2D eigenvalue weighted by Gasteiger charge is 2.23. The molecule has 0 atom stereocenters. The average Bonchev–Trinajstić information content (AvgIpc) is 3.61. The van der Waals surface area contributed by atoms with E-state index >= 15 is 0 Å². The molecule has 0 radical (unpaired) electrons. The van der Waals surface area contributed by atoms with Gasteiger partial charge in [0.2, 0.25) is 0 Å². The van der Waals surface area contributed by atoms with Crippen molar-refractivity contribution in [2.24, 2.45) is 0 Å². The van der Waals surface area contributed by atoms with E-state index in [9.17, 15) is 0 Å². The molecule has 0 amide bonds. The maximum Gasteiger partial charge on any atom is 0.0619 e. The summed E-state index contributed by atoms with van der Waals surface area (Å²) >= 11 is 0. The first-order chi connectivity index (χ1) is 28.6. The Hall–Kier alpha value is -7.42. The summed E-state index contributed by atoms with van der Waals surface area (Å²) in [4.78, 5) is 2.39. The molecule has 0 saturated carbocycles. The van der Waals surface area contributed by atoms with Crippen LogP contribution in [0.3, 0.4) is 0 Å². The smallest absolute Gasteiger partial charge is 0.0619 e. The fourth-order valence-corrected chi connectivity index (χ4v) is 8.62. The Bertz CT molecular complexity index is 2900. The Morgan fingerprint density at radius 2 is 0.724 bits per heavy atom. The number of aromatic nitrogens is 1. The van der Waals surface area contributed by atoms with Gasteiger partial charge in [-0.3, -0.25) is 0 Å². The van der Waals surface area contributed by atoms with Crippen molar-refractivity contribution in [3.8, 4) is 50.2 Å². The fraction of sp³-hybridized carbons (Fsp3) is 0.0357. The van der Waals surface area contributed by atoms with Gasteiger partial charge in [0, 0.05) is 39.0 Å². The molecular formula is C56H42N2. The second-order valence-corrected chi connectivity index (χ2v) is 15.0. The third kappa shape index (κ3) is 6.26. The Balaban J connectivity index is 1.23. The largest absolute Gasteiger partial charge is 0.310 e. The SMILES string of the molecule is Cc1ccccc1-c1cccc(-c2ccccc2C)c1-n1c2ccccc2c2ccc(N(c3ccc(-c4ccccc4)cc3)c3ccc(-c4ccccc4)cc3)cc21. The Kier molecular flexibility index (Phi) is 9.01. The fourth-order valence-electron chi connectivity index (χ4n) is 8.62. The van der Waals surface area contributed by atoms with Crippen molar-refractivity contribution in [1.82, 2.24) is 4.57 Å². The molecule has 276 valence electrons. The van der Waals surface area contributed by atoms with E-state index in [4.69, 9.17) is 0 Å². The minimum Gasteiger partial charge on any atom is -0.310 e. The molecular weight excluding hydrogens is 701 g/mol. The summed E-state index contributed by atoms with van der Waals surface area (Å²) in [6.07, 6.45) is 0. The molecule has 0 N–H and O–H groups in total. The molecule has 1 heterocycles. The highest BCUT2D eigenvalue weighted by atomic mass is 15.1. The second kappa shape index (κ2) is 14.9. The number of nitrogens with zero attached hydrogens (tertiary/aromatic N) is 2. The molecule has 0 aliphatic rings. The van der Waals surface area contributed by atoms with Gasteiger partial charge in [0.15, 0.2) is 0 Å². The van der Waals surface area contributed by atoms with E-state index in [0.29, 0.717) is 0 Å². The van der Waals surface area contributed by atoms with Crippen molar-refractivity contribution in [2.75, 3.05) is 4.90 Å². The first-order valence-corrected chi connectivity index (χ1v) is 20.0. The number of hydrogen-bond acceptors (Lipinski definition) is 1. The van der Waals surface area contributed by atoms with Crippen LogP contribution in [0.2, 0.25) is 0 Å². The van der Waals surface area contributed by atoms with E-state index in [1.165, 1.54) is 77.6 Å². The lowest BCUT2D eigenvalue weighted by Crippen LogP contribution is -2.10. The first-order valence-electron chi connectivity index (χ1n) is 20.0. The van der Waals surface area contributed by atoms with Crippen LogP contribution >= 0.6 is 0 Å². The number of para-hydroxylation sites is 2. The summed E-state index contributed by atoms with van der Waals surface area (Å²) in [5.74, 6) is 0. The zero-order valence-electron chi connectivity index (χ0n) is 32.7. The lowest BCUT2D eigenvalue weighted by molar-refractivity contribution is 1.18. The summed E-state index contributed by atoms with van der Waals surface area (Å²) < 4.78 is 2.52. The van der Waals surface area contributed by atoms with Gasteiger partial charge < -0.3 is 9.47 Å². The summed E-state index contributed by atoms with van der Waals surface area (Å²) in [5.41, 5.74) is 18.9. The molecule has 0 aliphatic carbocycles. The van der Waals surface area contributed by atoms with Crippen molar-refractivity contribution in [3.05, 3.63) is 230 Å². The van der Waals surface area contributed by atoms with Crippen LogP contribution in [0.15, 0.2) is 218 Å². The molecule has 0 unspecified atom stereocenters. The molecule has 58 heavy (non-hydrogen) atoms. The van der Waals surface area contributed by atoms with Crippen LogP contribution < -0.4 is 4.90 Å². The van der Waals surface area contributed by atoms with Gasteiger partial charge >= 0.3 is 0 Å². The molecule has 9 aromatic carbocycles. The van der Waals surface area contributed by atoms with Crippen molar-refractivity contribution >= 4 is 38.9 Å². The molecule has 10 aromatic rings. The topological polar surface area (TPSA) is 8.17 Å². The highest BCUT2D eigenvalue weighted by molar-refractivity contribution is 6.12. The molecule has 2 nitrogen and oxygen atoms in total. The third-order valence-electron chi connectivity index (χ3n) is 11.5. The molecule has 1 aromatic heterocycles. The number of anilines is 3. The average molecular weight is 743 g/mol. The van der Waals surface area contributed by atoms with Crippen LogP contribution in [-0.4, -0.2) is 4.57 Å². The van der Waals surface area contributed by atoms with Gasteiger partial charge in [0.1, 0.15) is 0 Å². The van der Waals surface area contributed by atoms with Crippen LogP contribution in [0.25, 0.3) is 72.0 Å². The van der Waals surface area contributed by atoms with Crippen molar-refractivity contribution in [2.45, 2.75) is 13.8 Å². The van der Waals surface area contributed by atoms with E-state index in [0.717, 1.165) is 22.6 Å². The maximum absolute atomic E-state index is 2.52. The van der Waals surface area contributed by atoms with Crippen LogP contribution in [0.4, 0.5) is 17.1 Å². The van der Waals surface area contributed by atoms with Crippen LogP contribution in [0, 0.1) is 13.8 Å². The second-order valence-electron chi connectivity index (χ2n) is 15.0. The lowest BCUT2D eigenvalue weighted by atomic mass is 9.92.